The minimum atomic E-state index is -2.65. The molecule has 224 valence electrons. The van der Waals surface area contributed by atoms with Gasteiger partial charge in [-0.15, -0.1) is 0 Å². The number of unbranched alkanes of at least 4 members (excludes halogenated alkanes) is 18. The van der Waals surface area contributed by atoms with E-state index in [1.165, 1.54) is 116 Å². The molecular weight excluding hydrogens is 494 g/mol. The molecule has 0 aromatic carbocycles. The number of likely N-dealkylation sites (N-methyl/N-ethyl adjacent to an activating group) is 1. The van der Waals surface area contributed by atoms with Gasteiger partial charge in [-0.1, -0.05) is 129 Å². The number of rotatable bonds is 31. The summed E-state index contributed by atoms with van der Waals surface area (Å²) in [6.45, 7) is 7.70. The number of hydrogen-bond acceptors (Lipinski definition) is 5. The van der Waals surface area contributed by atoms with Gasteiger partial charge in [0.05, 0.1) is 6.61 Å². The Balaban J connectivity index is 4.30. The maximum atomic E-state index is 6.52. The summed E-state index contributed by atoms with van der Waals surface area (Å²) in [6, 6.07) is 0.888. The molecule has 0 aromatic rings. The number of hydrogen-bond donors (Lipinski definition) is 1. The summed E-state index contributed by atoms with van der Waals surface area (Å²) >= 11 is 4.47. The van der Waals surface area contributed by atoms with Crippen LogP contribution in [0.2, 0.25) is 6.04 Å². The molecule has 0 bridgehead atoms. The van der Waals surface area contributed by atoms with Crippen molar-refractivity contribution in [3.05, 3.63) is 0 Å². The molecule has 0 heterocycles. The van der Waals surface area contributed by atoms with E-state index in [2.05, 4.69) is 45.5 Å². The van der Waals surface area contributed by atoms with Crippen LogP contribution in [0, 0.1) is 0 Å². The van der Waals surface area contributed by atoms with Crippen LogP contribution in [0.3, 0.4) is 0 Å². The third-order valence-corrected chi connectivity index (χ3v) is 10.4. The molecule has 0 unspecified atom stereocenters. The maximum absolute atomic E-state index is 6.52. The van der Waals surface area contributed by atoms with Gasteiger partial charge in [-0.25, -0.2) is 0 Å². The van der Waals surface area contributed by atoms with Gasteiger partial charge in [-0.2, -0.15) is 12.6 Å². The predicted molar refractivity (Wildman–Crippen MR) is 169 cm³/mol. The Morgan fingerprint density at radius 1 is 0.486 bits per heavy atom. The Morgan fingerprint density at radius 2 is 0.838 bits per heavy atom. The number of thiol groups is 1. The fraction of sp³-hybridized carbons (Fsp3) is 1.00. The van der Waals surface area contributed by atoms with E-state index in [9.17, 15) is 0 Å². The predicted octanol–water partition coefficient (Wildman–Crippen LogP) is 9.70. The van der Waals surface area contributed by atoms with Crippen molar-refractivity contribution in [2.45, 2.75) is 155 Å². The highest BCUT2D eigenvalue weighted by Crippen LogP contribution is 2.21. The zero-order valence-electron chi connectivity index (χ0n) is 25.7. The number of nitrogens with zero attached hydrogens (tertiary/aromatic N) is 1. The third-order valence-electron chi connectivity index (χ3n) is 7.14. The molecule has 0 saturated heterocycles. The molecule has 0 saturated carbocycles. The first-order chi connectivity index (χ1) is 18.1. The lowest BCUT2D eigenvalue weighted by Gasteiger charge is -2.30. The lowest BCUT2D eigenvalue weighted by molar-refractivity contribution is 0.0523. The van der Waals surface area contributed by atoms with Crippen LogP contribution in [0.15, 0.2) is 0 Å². The highest BCUT2D eigenvalue weighted by molar-refractivity contribution is 7.80. The molecule has 37 heavy (non-hydrogen) atoms. The summed E-state index contributed by atoms with van der Waals surface area (Å²) in [4.78, 5) is 2.17. The van der Waals surface area contributed by atoms with Gasteiger partial charge in [0, 0.05) is 25.8 Å². The van der Waals surface area contributed by atoms with Crippen molar-refractivity contribution in [2.24, 2.45) is 0 Å². The van der Waals surface area contributed by atoms with Crippen LogP contribution in [0.1, 0.15) is 149 Å². The molecule has 0 radical (unpaired) electrons. The van der Waals surface area contributed by atoms with Crippen molar-refractivity contribution in [2.75, 3.05) is 46.2 Å². The average molecular weight is 562 g/mol. The minimum absolute atomic E-state index is 0.682. The van der Waals surface area contributed by atoms with Crippen LogP contribution >= 0.6 is 12.6 Å². The normalized spacial score (nSPS) is 12.2. The minimum Gasteiger partial charge on any atom is -0.373 e. The van der Waals surface area contributed by atoms with Gasteiger partial charge in [0.1, 0.15) is 0 Å². The van der Waals surface area contributed by atoms with E-state index in [1.54, 1.807) is 0 Å². The van der Waals surface area contributed by atoms with Gasteiger partial charge in [-0.05, 0) is 39.1 Å². The van der Waals surface area contributed by atoms with E-state index in [4.69, 9.17) is 13.3 Å². The Hall–Kier alpha value is 0.407. The average Bonchev–Trinajstić information content (AvgIpc) is 2.89. The fourth-order valence-electron chi connectivity index (χ4n) is 4.66. The van der Waals surface area contributed by atoms with E-state index >= 15 is 0 Å². The smallest absolute Gasteiger partial charge is 0.373 e. The summed E-state index contributed by atoms with van der Waals surface area (Å²) in [5.74, 6) is 0.856. The van der Waals surface area contributed by atoms with Crippen LogP contribution in [0.25, 0.3) is 0 Å². The van der Waals surface area contributed by atoms with Crippen molar-refractivity contribution < 1.29 is 13.3 Å². The van der Waals surface area contributed by atoms with E-state index < -0.39 is 8.80 Å². The Bertz CT molecular complexity index is 417. The van der Waals surface area contributed by atoms with Gasteiger partial charge in [0.15, 0.2) is 0 Å². The van der Waals surface area contributed by atoms with E-state index in [-0.39, 0.29) is 0 Å². The molecule has 0 aliphatic rings. The second-order valence-corrected chi connectivity index (χ2v) is 14.4. The quantitative estimate of drug-likeness (QED) is 0.0518. The zero-order valence-corrected chi connectivity index (χ0v) is 27.6. The first-order valence-electron chi connectivity index (χ1n) is 16.3. The van der Waals surface area contributed by atoms with Gasteiger partial charge in [0.2, 0.25) is 0 Å². The summed E-state index contributed by atoms with van der Waals surface area (Å²) in [5.41, 5.74) is 0. The molecule has 0 aliphatic carbocycles. The molecule has 6 heteroatoms. The lowest BCUT2D eigenvalue weighted by atomic mass is 10.1. The van der Waals surface area contributed by atoms with Crippen LogP contribution in [0.4, 0.5) is 0 Å². The molecule has 0 amide bonds. The fourth-order valence-corrected chi connectivity index (χ4v) is 7.72. The van der Waals surface area contributed by atoms with Crippen molar-refractivity contribution in [1.29, 1.82) is 0 Å². The molecule has 0 N–H and O–H groups in total. The van der Waals surface area contributed by atoms with Crippen LogP contribution in [-0.4, -0.2) is 59.9 Å². The molecule has 0 aliphatic heterocycles. The van der Waals surface area contributed by atoms with Crippen LogP contribution < -0.4 is 0 Å². The van der Waals surface area contributed by atoms with Gasteiger partial charge in [0.25, 0.3) is 0 Å². The Kier molecular flexibility index (Phi) is 29.7. The molecular formula is C31H67NO3SSi. The first kappa shape index (κ1) is 37.4. The second kappa shape index (κ2) is 29.4. The maximum Gasteiger partial charge on any atom is 0.501 e. The third kappa shape index (κ3) is 26.4. The van der Waals surface area contributed by atoms with Crippen molar-refractivity contribution >= 4 is 21.4 Å². The largest absolute Gasteiger partial charge is 0.501 e. The topological polar surface area (TPSA) is 30.9 Å². The highest BCUT2D eigenvalue weighted by atomic mass is 32.1. The Labute approximate surface area is 240 Å². The van der Waals surface area contributed by atoms with Gasteiger partial charge in [-0.3, -0.25) is 0 Å². The molecule has 0 spiro atoms. The molecule has 0 aromatic heterocycles. The molecule has 4 nitrogen and oxygen atoms in total. The summed E-state index contributed by atoms with van der Waals surface area (Å²) < 4.78 is 19.5. The van der Waals surface area contributed by atoms with Crippen molar-refractivity contribution in [3.63, 3.8) is 0 Å². The summed E-state index contributed by atoms with van der Waals surface area (Å²) in [7, 11) is 1.54. The summed E-state index contributed by atoms with van der Waals surface area (Å²) in [5, 5.41) is 0. The van der Waals surface area contributed by atoms with Crippen LogP contribution in [-0.2, 0) is 13.3 Å². The van der Waals surface area contributed by atoms with E-state index in [1.807, 2.05) is 0 Å². The second-order valence-electron chi connectivity index (χ2n) is 11.2. The van der Waals surface area contributed by atoms with Gasteiger partial charge < -0.3 is 18.2 Å². The van der Waals surface area contributed by atoms with E-state index in [0.717, 1.165) is 50.8 Å². The molecule has 0 atom stereocenters. The molecule has 0 rings (SSSR count). The SMILES string of the molecule is CCCCCCCCCCCCO[Si](CCCS)(OCCCCCCCCCCCC)OCCN(C)C. The highest BCUT2D eigenvalue weighted by Gasteiger charge is 2.40. The van der Waals surface area contributed by atoms with E-state index in [0.29, 0.717) is 6.61 Å². The van der Waals surface area contributed by atoms with Gasteiger partial charge >= 0.3 is 8.80 Å². The summed E-state index contributed by atoms with van der Waals surface area (Å²) in [6.07, 6.45) is 27.8. The van der Waals surface area contributed by atoms with Crippen molar-refractivity contribution in [1.82, 2.24) is 4.90 Å². The standard InChI is InChI=1S/C31H67NO3SSi/c1-5-7-9-11-13-15-17-19-21-23-27-33-37(31-25-30-36,35-29-26-32(3)4)34-28-24-22-20-18-16-14-12-10-8-6-2/h36H,5-31H2,1-4H3. The lowest BCUT2D eigenvalue weighted by Crippen LogP contribution is -2.47. The van der Waals surface area contributed by atoms with Crippen molar-refractivity contribution in [3.8, 4) is 0 Å². The molecule has 0 fully saturated rings. The zero-order chi connectivity index (χ0) is 27.3. The first-order valence-corrected chi connectivity index (χ1v) is 18.8. The monoisotopic (exact) mass is 561 g/mol. The Morgan fingerprint density at radius 3 is 1.19 bits per heavy atom. The van der Waals surface area contributed by atoms with Crippen LogP contribution in [0.5, 0.6) is 0 Å².